The number of fused-ring (bicyclic) bond motifs is 2. The molecule has 3 aromatic rings. The number of thiophene rings is 1. The van der Waals surface area contributed by atoms with Crippen LogP contribution in [0.2, 0.25) is 0 Å². The molecular weight excluding hydrogens is 320 g/mol. The van der Waals surface area contributed by atoms with Crippen LogP contribution in [0.15, 0.2) is 41.9 Å². The zero-order valence-corrected chi connectivity index (χ0v) is 14.3. The summed E-state index contributed by atoms with van der Waals surface area (Å²) in [5.41, 5.74) is 2.92. The van der Waals surface area contributed by atoms with E-state index in [1.54, 1.807) is 17.5 Å². The summed E-state index contributed by atoms with van der Waals surface area (Å²) in [6.45, 7) is 3.11. The number of nitrogens with zero attached hydrogens (tertiary/aromatic N) is 2. The third-order valence-electron chi connectivity index (χ3n) is 4.82. The second-order valence-corrected chi connectivity index (χ2v) is 7.12. The van der Waals surface area contributed by atoms with Crippen molar-refractivity contribution in [3.63, 3.8) is 0 Å². The second kappa shape index (κ2) is 5.91. The Balaban J connectivity index is 1.62. The van der Waals surface area contributed by atoms with Gasteiger partial charge in [-0.25, -0.2) is 0 Å². The summed E-state index contributed by atoms with van der Waals surface area (Å²) in [5, 5.41) is 3.00. The van der Waals surface area contributed by atoms with Crippen molar-refractivity contribution in [2.24, 2.45) is 0 Å². The van der Waals surface area contributed by atoms with Gasteiger partial charge in [0.25, 0.3) is 0 Å². The Labute approximate surface area is 144 Å². The minimum absolute atomic E-state index is 0.0970. The number of hydrogen-bond donors (Lipinski definition) is 0. The van der Waals surface area contributed by atoms with Crippen LogP contribution in [0.25, 0.3) is 10.9 Å². The lowest BCUT2D eigenvalue weighted by Gasteiger charge is -2.33. The molecule has 4 rings (SSSR count). The molecule has 1 aliphatic rings. The van der Waals surface area contributed by atoms with Crippen molar-refractivity contribution in [2.75, 3.05) is 6.54 Å². The molecule has 0 fully saturated rings. The molecule has 1 amide bonds. The highest BCUT2D eigenvalue weighted by atomic mass is 32.1. The molecular formula is C19H18N2O2S. The average Bonchev–Trinajstić information content (AvgIpc) is 3.20. The first-order chi connectivity index (χ1) is 11.7. The quantitative estimate of drug-likeness (QED) is 0.684. The van der Waals surface area contributed by atoms with Crippen LogP contribution in [0.1, 0.15) is 33.8 Å². The molecule has 1 aliphatic heterocycles. The van der Waals surface area contributed by atoms with Crippen molar-refractivity contribution in [3.8, 4) is 0 Å². The van der Waals surface area contributed by atoms with Gasteiger partial charge in [-0.2, -0.15) is 0 Å². The zero-order chi connectivity index (χ0) is 16.7. The molecule has 2 aromatic heterocycles. The normalized spacial score (nSPS) is 17.0. The van der Waals surface area contributed by atoms with E-state index < -0.39 is 0 Å². The summed E-state index contributed by atoms with van der Waals surface area (Å²) in [7, 11) is 0. The average molecular weight is 338 g/mol. The molecule has 0 N–H and O–H groups in total. The minimum Gasteiger partial charge on any atom is -0.337 e. The van der Waals surface area contributed by atoms with E-state index in [4.69, 9.17) is 0 Å². The first-order valence-electron chi connectivity index (χ1n) is 8.08. The van der Waals surface area contributed by atoms with Gasteiger partial charge in [0.05, 0.1) is 6.04 Å². The van der Waals surface area contributed by atoms with Crippen LogP contribution < -0.4 is 0 Å². The predicted octanol–water partition coefficient (Wildman–Crippen LogP) is 3.66. The standard InChI is InChI=1S/C19H18N2O2S/c1-13-19-14(7-9-24-19)6-8-21(13)18(23)11-20-10-15(12-22)16-4-2-3-5-17(16)20/h2-5,7,9-10,12-13H,6,8,11H2,1H3. The number of carbonyl (C=O) groups is 2. The Morgan fingerprint density at radius 2 is 2.17 bits per heavy atom. The fourth-order valence-electron chi connectivity index (χ4n) is 3.57. The number of rotatable bonds is 3. The monoisotopic (exact) mass is 338 g/mol. The fourth-order valence-corrected chi connectivity index (χ4v) is 4.60. The van der Waals surface area contributed by atoms with Gasteiger partial charge in [-0.3, -0.25) is 9.59 Å². The van der Waals surface area contributed by atoms with Crippen molar-refractivity contribution in [1.29, 1.82) is 0 Å². The van der Waals surface area contributed by atoms with Crippen LogP contribution in [0, 0.1) is 0 Å². The topological polar surface area (TPSA) is 42.3 Å². The van der Waals surface area contributed by atoms with Crippen LogP contribution in [-0.4, -0.2) is 28.2 Å². The van der Waals surface area contributed by atoms with Crippen molar-refractivity contribution < 1.29 is 9.59 Å². The summed E-state index contributed by atoms with van der Waals surface area (Å²) in [5.74, 6) is 0.0970. The minimum atomic E-state index is 0.0970. The number of carbonyl (C=O) groups excluding carboxylic acids is 2. The third kappa shape index (κ3) is 2.36. The summed E-state index contributed by atoms with van der Waals surface area (Å²) in [6.07, 6.45) is 3.55. The van der Waals surface area contributed by atoms with Crippen LogP contribution in [0.4, 0.5) is 0 Å². The van der Waals surface area contributed by atoms with Crippen molar-refractivity contribution in [1.82, 2.24) is 9.47 Å². The largest absolute Gasteiger partial charge is 0.337 e. The van der Waals surface area contributed by atoms with E-state index in [0.29, 0.717) is 5.56 Å². The van der Waals surface area contributed by atoms with E-state index >= 15 is 0 Å². The Bertz CT molecular complexity index is 924. The predicted molar refractivity (Wildman–Crippen MR) is 95.5 cm³/mol. The van der Waals surface area contributed by atoms with Crippen LogP contribution >= 0.6 is 11.3 Å². The zero-order valence-electron chi connectivity index (χ0n) is 13.4. The molecule has 5 heteroatoms. The number of aromatic nitrogens is 1. The molecule has 1 atom stereocenters. The SMILES string of the molecule is CC1c2sccc2CCN1C(=O)Cn1cc(C=O)c2ccccc21. The Morgan fingerprint density at radius 3 is 3.00 bits per heavy atom. The molecule has 0 spiro atoms. The van der Waals surface area contributed by atoms with Crippen LogP contribution in [-0.2, 0) is 17.8 Å². The molecule has 0 bridgehead atoms. The maximum atomic E-state index is 12.9. The van der Waals surface area contributed by atoms with Gasteiger partial charge in [-0.15, -0.1) is 11.3 Å². The maximum Gasteiger partial charge on any atom is 0.243 e. The van der Waals surface area contributed by atoms with Gasteiger partial charge >= 0.3 is 0 Å². The number of hydrogen-bond acceptors (Lipinski definition) is 3. The lowest BCUT2D eigenvalue weighted by molar-refractivity contribution is -0.134. The van der Waals surface area contributed by atoms with Crippen molar-refractivity contribution in [2.45, 2.75) is 25.9 Å². The number of benzene rings is 1. The molecule has 0 saturated heterocycles. The molecule has 0 aliphatic carbocycles. The highest BCUT2D eigenvalue weighted by molar-refractivity contribution is 7.10. The Hall–Kier alpha value is -2.40. The van der Waals surface area contributed by atoms with Crippen LogP contribution in [0.3, 0.4) is 0 Å². The molecule has 0 saturated carbocycles. The van der Waals surface area contributed by atoms with E-state index in [2.05, 4.69) is 18.4 Å². The number of aldehydes is 1. The molecule has 1 aromatic carbocycles. The van der Waals surface area contributed by atoms with Gasteiger partial charge in [-0.1, -0.05) is 18.2 Å². The lowest BCUT2D eigenvalue weighted by atomic mass is 10.0. The van der Waals surface area contributed by atoms with Crippen LogP contribution in [0.5, 0.6) is 0 Å². The van der Waals surface area contributed by atoms with E-state index in [-0.39, 0.29) is 18.5 Å². The molecule has 122 valence electrons. The fraction of sp³-hybridized carbons (Fsp3) is 0.263. The van der Waals surface area contributed by atoms with Gasteiger partial charge in [0.2, 0.25) is 5.91 Å². The van der Waals surface area contributed by atoms with Gasteiger partial charge < -0.3 is 9.47 Å². The van der Waals surface area contributed by atoms with E-state index in [0.717, 1.165) is 30.2 Å². The van der Waals surface area contributed by atoms with Gasteiger partial charge in [0.15, 0.2) is 6.29 Å². The second-order valence-electron chi connectivity index (χ2n) is 6.17. The molecule has 4 nitrogen and oxygen atoms in total. The molecule has 24 heavy (non-hydrogen) atoms. The first-order valence-corrected chi connectivity index (χ1v) is 8.96. The molecule has 1 unspecified atom stereocenters. The first kappa shape index (κ1) is 15.1. The summed E-state index contributed by atoms with van der Waals surface area (Å²) in [4.78, 5) is 27.4. The number of para-hydroxylation sites is 1. The van der Waals surface area contributed by atoms with E-state index in [1.807, 2.05) is 33.7 Å². The van der Waals surface area contributed by atoms with Gasteiger partial charge in [0, 0.05) is 34.1 Å². The smallest absolute Gasteiger partial charge is 0.243 e. The summed E-state index contributed by atoms with van der Waals surface area (Å²) >= 11 is 1.72. The Morgan fingerprint density at radius 1 is 1.33 bits per heavy atom. The Kier molecular flexibility index (Phi) is 3.73. The lowest BCUT2D eigenvalue weighted by Crippen LogP contribution is -2.39. The highest BCUT2D eigenvalue weighted by Crippen LogP contribution is 2.33. The summed E-state index contributed by atoms with van der Waals surface area (Å²) in [6, 6.07) is 9.99. The van der Waals surface area contributed by atoms with E-state index in [1.165, 1.54) is 10.4 Å². The summed E-state index contributed by atoms with van der Waals surface area (Å²) < 4.78 is 1.89. The van der Waals surface area contributed by atoms with Crippen molar-refractivity contribution >= 4 is 34.4 Å². The highest BCUT2D eigenvalue weighted by Gasteiger charge is 2.28. The maximum absolute atomic E-state index is 12.9. The van der Waals surface area contributed by atoms with Gasteiger partial charge in [0.1, 0.15) is 6.54 Å². The van der Waals surface area contributed by atoms with E-state index in [9.17, 15) is 9.59 Å². The number of amides is 1. The molecule has 0 radical (unpaired) electrons. The van der Waals surface area contributed by atoms with Crippen molar-refractivity contribution in [3.05, 3.63) is 57.9 Å². The van der Waals surface area contributed by atoms with Gasteiger partial charge in [-0.05, 0) is 36.4 Å². The third-order valence-corrected chi connectivity index (χ3v) is 5.95. The molecule has 3 heterocycles.